The van der Waals surface area contributed by atoms with Crippen molar-refractivity contribution < 1.29 is 0 Å². The van der Waals surface area contributed by atoms with E-state index in [2.05, 4.69) is 80.3 Å². The highest BCUT2D eigenvalue weighted by molar-refractivity contribution is 5.34. The second-order valence-electron chi connectivity index (χ2n) is 7.38. The second kappa shape index (κ2) is 7.31. The summed E-state index contributed by atoms with van der Waals surface area (Å²) in [6.45, 7) is 10.5. The first kappa shape index (κ1) is 16.3. The van der Waals surface area contributed by atoms with Crippen LogP contribution in [0.4, 0.5) is 0 Å². The fourth-order valence-electron chi connectivity index (χ4n) is 3.90. The Morgan fingerprint density at radius 1 is 1.00 bits per heavy atom. The zero-order valence-corrected chi connectivity index (χ0v) is 14.7. The maximum absolute atomic E-state index is 2.64. The highest BCUT2D eigenvalue weighted by atomic mass is 15.1. The monoisotopic (exact) mass is 307 g/mol. The molecule has 0 radical (unpaired) electrons. The fraction of sp³-hybridized carbons (Fsp3) is 0.455. The van der Waals surface area contributed by atoms with Crippen LogP contribution in [-0.2, 0) is 6.54 Å². The maximum atomic E-state index is 2.64. The Balaban J connectivity index is 1.79. The van der Waals surface area contributed by atoms with Gasteiger partial charge in [0.25, 0.3) is 0 Å². The van der Waals surface area contributed by atoms with Crippen molar-refractivity contribution in [1.29, 1.82) is 0 Å². The molecule has 1 heteroatoms. The van der Waals surface area contributed by atoms with Crippen LogP contribution >= 0.6 is 0 Å². The van der Waals surface area contributed by atoms with Gasteiger partial charge in [-0.2, -0.15) is 0 Å². The van der Waals surface area contributed by atoms with Crippen LogP contribution < -0.4 is 0 Å². The molecule has 1 saturated heterocycles. The molecule has 1 fully saturated rings. The van der Waals surface area contributed by atoms with Crippen LogP contribution in [0.25, 0.3) is 0 Å². The summed E-state index contributed by atoms with van der Waals surface area (Å²) in [6.07, 6.45) is 1.30. The van der Waals surface area contributed by atoms with Gasteiger partial charge in [-0.3, -0.25) is 4.90 Å². The molecule has 2 unspecified atom stereocenters. The molecule has 3 rings (SSSR count). The van der Waals surface area contributed by atoms with E-state index in [-0.39, 0.29) is 0 Å². The highest BCUT2D eigenvalue weighted by Crippen LogP contribution is 2.36. The van der Waals surface area contributed by atoms with Crippen LogP contribution in [0.15, 0.2) is 54.6 Å². The summed E-state index contributed by atoms with van der Waals surface area (Å²) in [5, 5.41) is 0. The smallest absolute Gasteiger partial charge is 0.0233 e. The Morgan fingerprint density at radius 3 is 2.43 bits per heavy atom. The lowest BCUT2D eigenvalue weighted by molar-refractivity contribution is 0.159. The predicted octanol–water partition coefficient (Wildman–Crippen LogP) is 5.44. The molecule has 0 aliphatic carbocycles. The van der Waals surface area contributed by atoms with Crippen LogP contribution in [-0.4, -0.2) is 18.0 Å². The zero-order valence-electron chi connectivity index (χ0n) is 14.7. The Bertz CT molecular complexity index is 617. The molecule has 0 amide bonds. The van der Waals surface area contributed by atoms with Gasteiger partial charge in [-0.05, 0) is 47.4 Å². The number of hydrogen-bond donors (Lipinski definition) is 0. The summed E-state index contributed by atoms with van der Waals surface area (Å²) in [6, 6.07) is 20.0. The van der Waals surface area contributed by atoms with Gasteiger partial charge in [-0.25, -0.2) is 0 Å². The molecular weight excluding hydrogens is 278 g/mol. The molecule has 122 valence electrons. The Kier molecular flexibility index (Phi) is 5.17. The molecular formula is C22H29N. The molecule has 0 saturated carbocycles. The number of piperidine rings is 1. The molecule has 1 nitrogen and oxygen atoms in total. The van der Waals surface area contributed by atoms with E-state index in [9.17, 15) is 0 Å². The number of likely N-dealkylation sites (tertiary alicyclic amines) is 1. The SMILES string of the molecule is CC(C)c1ccccc1C1CN(Cc2ccccc2)CCC1C. The first-order valence-corrected chi connectivity index (χ1v) is 9.00. The van der Waals surface area contributed by atoms with Crippen LogP contribution in [0.5, 0.6) is 0 Å². The number of benzene rings is 2. The van der Waals surface area contributed by atoms with Gasteiger partial charge in [0.05, 0.1) is 0 Å². The molecule has 1 aliphatic rings. The van der Waals surface area contributed by atoms with Gasteiger partial charge in [-0.15, -0.1) is 0 Å². The third-order valence-electron chi connectivity index (χ3n) is 5.31. The first-order valence-electron chi connectivity index (χ1n) is 9.00. The van der Waals surface area contributed by atoms with E-state index in [1.807, 2.05) is 0 Å². The molecule has 0 N–H and O–H groups in total. The quantitative estimate of drug-likeness (QED) is 0.727. The minimum Gasteiger partial charge on any atom is -0.298 e. The van der Waals surface area contributed by atoms with E-state index in [1.54, 1.807) is 5.56 Å². The minimum absolute atomic E-state index is 0.600. The van der Waals surface area contributed by atoms with Gasteiger partial charge in [0.2, 0.25) is 0 Å². The van der Waals surface area contributed by atoms with Crippen LogP contribution in [0.1, 0.15) is 55.7 Å². The summed E-state index contributed by atoms with van der Waals surface area (Å²) >= 11 is 0. The van der Waals surface area contributed by atoms with E-state index in [0.717, 1.165) is 12.5 Å². The highest BCUT2D eigenvalue weighted by Gasteiger charge is 2.29. The largest absolute Gasteiger partial charge is 0.298 e. The lowest BCUT2D eigenvalue weighted by Gasteiger charge is -2.38. The molecule has 0 aromatic heterocycles. The van der Waals surface area contributed by atoms with Crippen LogP contribution in [0.3, 0.4) is 0 Å². The number of hydrogen-bond acceptors (Lipinski definition) is 1. The number of rotatable bonds is 4. The average molecular weight is 307 g/mol. The fourth-order valence-corrected chi connectivity index (χ4v) is 3.90. The van der Waals surface area contributed by atoms with Gasteiger partial charge in [0.15, 0.2) is 0 Å². The average Bonchev–Trinajstić information content (AvgIpc) is 2.57. The number of nitrogens with zero attached hydrogens (tertiary/aromatic N) is 1. The second-order valence-corrected chi connectivity index (χ2v) is 7.38. The van der Waals surface area contributed by atoms with Crippen LogP contribution in [0, 0.1) is 5.92 Å². The summed E-state index contributed by atoms with van der Waals surface area (Å²) in [7, 11) is 0. The summed E-state index contributed by atoms with van der Waals surface area (Å²) in [4.78, 5) is 2.64. The third kappa shape index (κ3) is 3.84. The molecule has 1 aliphatic heterocycles. The van der Waals surface area contributed by atoms with Gasteiger partial charge in [0.1, 0.15) is 0 Å². The third-order valence-corrected chi connectivity index (χ3v) is 5.31. The normalized spacial score (nSPS) is 22.4. The van der Waals surface area contributed by atoms with Crippen molar-refractivity contribution in [2.45, 2.75) is 45.6 Å². The molecule has 0 bridgehead atoms. The maximum Gasteiger partial charge on any atom is 0.0233 e. The summed E-state index contributed by atoms with van der Waals surface area (Å²) < 4.78 is 0. The van der Waals surface area contributed by atoms with E-state index in [4.69, 9.17) is 0 Å². The standard InChI is InChI=1S/C22H29N/c1-17(2)20-11-7-8-12-21(20)22-16-23(14-13-18(22)3)15-19-9-5-4-6-10-19/h4-12,17-18,22H,13-16H2,1-3H3. The Morgan fingerprint density at radius 2 is 1.70 bits per heavy atom. The van der Waals surface area contributed by atoms with Gasteiger partial charge >= 0.3 is 0 Å². The first-order chi connectivity index (χ1) is 11.1. The zero-order chi connectivity index (χ0) is 16.2. The van der Waals surface area contributed by atoms with Gasteiger partial charge < -0.3 is 0 Å². The lowest BCUT2D eigenvalue weighted by atomic mass is 9.78. The van der Waals surface area contributed by atoms with Crippen molar-refractivity contribution >= 4 is 0 Å². The Hall–Kier alpha value is -1.60. The van der Waals surface area contributed by atoms with Crippen molar-refractivity contribution in [3.8, 4) is 0 Å². The van der Waals surface area contributed by atoms with Crippen LogP contribution in [0.2, 0.25) is 0 Å². The molecule has 2 aromatic carbocycles. The molecule has 2 atom stereocenters. The summed E-state index contributed by atoms with van der Waals surface area (Å²) in [5.74, 6) is 2.02. The molecule has 2 aromatic rings. The van der Waals surface area contributed by atoms with Crippen molar-refractivity contribution in [2.24, 2.45) is 5.92 Å². The lowest BCUT2D eigenvalue weighted by Crippen LogP contribution is -2.38. The van der Waals surface area contributed by atoms with Gasteiger partial charge in [0, 0.05) is 13.1 Å². The molecule has 23 heavy (non-hydrogen) atoms. The minimum atomic E-state index is 0.600. The molecule has 0 spiro atoms. The van der Waals surface area contributed by atoms with E-state index < -0.39 is 0 Å². The Labute approximate surface area is 141 Å². The van der Waals surface area contributed by atoms with E-state index >= 15 is 0 Å². The van der Waals surface area contributed by atoms with Crippen molar-refractivity contribution in [3.63, 3.8) is 0 Å². The predicted molar refractivity (Wildman–Crippen MR) is 98.8 cm³/mol. The topological polar surface area (TPSA) is 3.24 Å². The molecule has 1 heterocycles. The van der Waals surface area contributed by atoms with E-state index in [0.29, 0.717) is 11.8 Å². The van der Waals surface area contributed by atoms with Crippen molar-refractivity contribution in [1.82, 2.24) is 4.90 Å². The van der Waals surface area contributed by atoms with Gasteiger partial charge in [-0.1, -0.05) is 75.4 Å². The van der Waals surface area contributed by atoms with Crippen molar-refractivity contribution in [3.05, 3.63) is 71.3 Å². The summed E-state index contributed by atoms with van der Waals surface area (Å²) in [5.41, 5.74) is 4.54. The van der Waals surface area contributed by atoms with E-state index in [1.165, 1.54) is 30.6 Å². The van der Waals surface area contributed by atoms with Crippen molar-refractivity contribution in [2.75, 3.05) is 13.1 Å².